The highest BCUT2D eigenvalue weighted by atomic mass is 19.3. The summed E-state index contributed by atoms with van der Waals surface area (Å²) >= 11 is 0. The van der Waals surface area contributed by atoms with Gasteiger partial charge in [-0.1, -0.05) is 12.1 Å². The van der Waals surface area contributed by atoms with Crippen LogP contribution in [-0.2, 0) is 5.41 Å². The van der Waals surface area contributed by atoms with Gasteiger partial charge in [0, 0.05) is 11.5 Å². The number of hydrogen-bond donors (Lipinski definition) is 1. The van der Waals surface area contributed by atoms with Crippen LogP contribution >= 0.6 is 0 Å². The summed E-state index contributed by atoms with van der Waals surface area (Å²) in [7, 11) is 0. The Morgan fingerprint density at radius 2 is 1.94 bits per heavy atom. The van der Waals surface area contributed by atoms with Gasteiger partial charge >= 0.3 is 0 Å². The fourth-order valence-electron chi connectivity index (χ4n) is 2.30. The quantitative estimate of drug-likeness (QED) is 0.846. The van der Waals surface area contributed by atoms with Crippen LogP contribution in [0.4, 0.5) is 13.2 Å². The first-order valence-corrected chi connectivity index (χ1v) is 5.31. The number of hydrogen-bond acceptors (Lipinski definition) is 1. The van der Waals surface area contributed by atoms with Gasteiger partial charge in [0.2, 0.25) is 0 Å². The standard InChI is InChI=1S/C12H14F3N/c1-7(16)12(5-6-12)8-3-2-4-9(13)10(8)11(14)15/h2-4,7,11H,5-6,16H2,1H3. The molecule has 1 atom stereocenters. The van der Waals surface area contributed by atoms with Crippen molar-refractivity contribution in [3.63, 3.8) is 0 Å². The molecule has 1 aromatic carbocycles. The van der Waals surface area contributed by atoms with Gasteiger partial charge in [0.25, 0.3) is 6.43 Å². The maximum absolute atomic E-state index is 13.4. The highest BCUT2D eigenvalue weighted by Crippen LogP contribution is 2.52. The van der Waals surface area contributed by atoms with Crippen molar-refractivity contribution >= 4 is 0 Å². The lowest BCUT2D eigenvalue weighted by molar-refractivity contribution is 0.144. The van der Waals surface area contributed by atoms with Gasteiger partial charge in [0.15, 0.2) is 0 Å². The van der Waals surface area contributed by atoms with Crippen molar-refractivity contribution in [2.45, 2.75) is 37.6 Å². The summed E-state index contributed by atoms with van der Waals surface area (Å²) in [4.78, 5) is 0. The number of benzene rings is 1. The zero-order valence-corrected chi connectivity index (χ0v) is 9.01. The zero-order valence-electron chi connectivity index (χ0n) is 9.01. The lowest BCUT2D eigenvalue weighted by atomic mass is 9.86. The molecule has 88 valence electrons. The number of rotatable bonds is 3. The van der Waals surface area contributed by atoms with E-state index in [9.17, 15) is 13.2 Å². The highest BCUT2D eigenvalue weighted by Gasteiger charge is 2.49. The van der Waals surface area contributed by atoms with Gasteiger partial charge < -0.3 is 5.73 Å². The third-order valence-corrected chi connectivity index (χ3v) is 3.47. The minimum atomic E-state index is -2.78. The minimum Gasteiger partial charge on any atom is -0.327 e. The molecular weight excluding hydrogens is 215 g/mol. The minimum absolute atomic E-state index is 0.230. The molecule has 2 rings (SSSR count). The summed E-state index contributed by atoms with van der Waals surface area (Å²) in [6.45, 7) is 1.78. The van der Waals surface area contributed by atoms with Crippen LogP contribution in [0.15, 0.2) is 18.2 Å². The zero-order chi connectivity index (χ0) is 11.9. The van der Waals surface area contributed by atoms with E-state index in [1.807, 2.05) is 0 Å². The Morgan fingerprint density at radius 1 is 1.31 bits per heavy atom. The Kier molecular flexibility index (Phi) is 2.70. The van der Waals surface area contributed by atoms with Crippen LogP contribution in [0.5, 0.6) is 0 Å². The van der Waals surface area contributed by atoms with Gasteiger partial charge in [-0.25, -0.2) is 13.2 Å². The first-order chi connectivity index (χ1) is 7.49. The predicted octanol–water partition coefficient (Wildman–Crippen LogP) is 3.14. The van der Waals surface area contributed by atoms with E-state index in [2.05, 4.69) is 0 Å². The third kappa shape index (κ3) is 1.61. The SMILES string of the molecule is CC(N)C1(c2cccc(F)c2C(F)F)CC1. The Morgan fingerprint density at radius 3 is 2.38 bits per heavy atom. The van der Waals surface area contributed by atoms with Gasteiger partial charge in [0.1, 0.15) is 5.82 Å². The number of nitrogens with two attached hydrogens (primary N) is 1. The maximum Gasteiger partial charge on any atom is 0.266 e. The van der Waals surface area contributed by atoms with Gasteiger partial charge in [-0.2, -0.15) is 0 Å². The molecule has 0 bridgehead atoms. The molecule has 1 fully saturated rings. The molecule has 16 heavy (non-hydrogen) atoms. The molecule has 0 saturated heterocycles. The first-order valence-electron chi connectivity index (χ1n) is 5.31. The third-order valence-electron chi connectivity index (χ3n) is 3.47. The van der Waals surface area contributed by atoms with Crippen molar-refractivity contribution < 1.29 is 13.2 Å². The van der Waals surface area contributed by atoms with E-state index >= 15 is 0 Å². The van der Waals surface area contributed by atoms with Crippen LogP contribution in [-0.4, -0.2) is 6.04 Å². The average Bonchev–Trinajstić information content (AvgIpc) is 2.97. The molecule has 1 aliphatic carbocycles. The molecule has 0 aromatic heterocycles. The molecule has 2 N–H and O–H groups in total. The monoisotopic (exact) mass is 229 g/mol. The van der Waals surface area contributed by atoms with Crippen LogP contribution in [0.3, 0.4) is 0 Å². The molecule has 1 aliphatic rings. The van der Waals surface area contributed by atoms with Crippen molar-refractivity contribution in [2.75, 3.05) is 0 Å². The van der Waals surface area contributed by atoms with Gasteiger partial charge in [-0.3, -0.25) is 0 Å². The molecular formula is C12H14F3N. The normalized spacial score (nSPS) is 19.9. The molecule has 0 amide bonds. The van der Waals surface area contributed by atoms with E-state index in [4.69, 9.17) is 5.73 Å². The summed E-state index contributed by atoms with van der Waals surface area (Å²) in [6, 6.07) is 3.88. The van der Waals surface area contributed by atoms with E-state index < -0.39 is 23.2 Å². The summed E-state index contributed by atoms with van der Waals surface area (Å²) in [5, 5.41) is 0. The Balaban J connectivity index is 2.53. The number of alkyl halides is 2. The Hall–Kier alpha value is -1.03. The largest absolute Gasteiger partial charge is 0.327 e. The van der Waals surface area contributed by atoms with Crippen molar-refractivity contribution in [3.8, 4) is 0 Å². The van der Waals surface area contributed by atoms with Gasteiger partial charge in [-0.15, -0.1) is 0 Å². The molecule has 1 unspecified atom stereocenters. The van der Waals surface area contributed by atoms with E-state index in [-0.39, 0.29) is 6.04 Å². The highest BCUT2D eigenvalue weighted by molar-refractivity contribution is 5.41. The second kappa shape index (κ2) is 3.77. The summed E-state index contributed by atoms with van der Waals surface area (Å²) in [6.07, 6.45) is -1.27. The second-order valence-electron chi connectivity index (χ2n) is 4.45. The molecule has 1 nitrogen and oxygen atoms in total. The predicted molar refractivity (Wildman–Crippen MR) is 55.9 cm³/mol. The summed E-state index contributed by atoms with van der Waals surface area (Å²) in [5.74, 6) is -0.834. The molecule has 0 radical (unpaired) electrons. The van der Waals surface area contributed by atoms with E-state index in [1.165, 1.54) is 6.07 Å². The molecule has 0 spiro atoms. The van der Waals surface area contributed by atoms with Gasteiger partial charge in [-0.05, 0) is 31.4 Å². The summed E-state index contributed by atoms with van der Waals surface area (Å²) in [5.41, 5.74) is 5.29. The van der Waals surface area contributed by atoms with Crippen molar-refractivity contribution in [2.24, 2.45) is 5.73 Å². The van der Waals surface area contributed by atoms with E-state index in [0.717, 1.165) is 18.9 Å². The van der Waals surface area contributed by atoms with Crippen LogP contribution in [0.2, 0.25) is 0 Å². The van der Waals surface area contributed by atoms with Crippen LogP contribution in [0, 0.1) is 5.82 Å². The molecule has 0 heterocycles. The molecule has 1 aromatic rings. The second-order valence-corrected chi connectivity index (χ2v) is 4.45. The first kappa shape index (κ1) is 11.5. The van der Waals surface area contributed by atoms with Gasteiger partial charge in [0.05, 0.1) is 5.56 Å². The molecule has 0 aliphatic heterocycles. The van der Waals surface area contributed by atoms with Crippen molar-refractivity contribution in [3.05, 3.63) is 35.1 Å². The fourth-order valence-corrected chi connectivity index (χ4v) is 2.30. The van der Waals surface area contributed by atoms with Crippen molar-refractivity contribution in [1.29, 1.82) is 0 Å². The van der Waals surface area contributed by atoms with Crippen LogP contribution < -0.4 is 5.73 Å². The Bertz CT molecular complexity index is 397. The van der Waals surface area contributed by atoms with E-state index in [1.54, 1.807) is 13.0 Å². The number of halogens is 3. The van der Waals surface area contributed by atoms with E-state index in [0.29, 0.717) is 5.56 Å². The Labute approximate surface area is 92.5 Å². The topological polar surface area (TPSA) is 26.0 Å². The smallest absolute Gasteiger partial charge is 0.266 e. The molecule has 1 saturated carbocycles. The van der Waals surface area contributed by atoms with Crippen LogP contribution in [0.25, 0.3) is 0 Å². The maximum atomic E-state index is 13.4. The lowest BCUT2D eigenvalue weighted by Gasteiger charge is -2.23. The van der Waals surface area contributed by atoms with Crippen molar-refractivity contribution in [1.82, 2.24) is 0 Å². The summed E-state index contributed by atoms with van der Waals surface area (Å²) < 4.78 is 39.1. The molecule has 4 heteroatoms. The average molecular weight is 229 g/mol. The lowest BCUT2D eigenvalue weighted by Crippen LogP contribution is -2.32. The van der Waals surface area contributed by atoms with Crippen LogP contribution in [0.1, 0.15) is 37.3 Å². The fraction of sp³-hybridized carbons (Fsp3) is 0.500.